The molecule has 1 aliphatic heterocycles. The molecule has 1 saturated heterocycles. The zero-order chi connectivity index (χ0) is 16.1. The van der Waals surface area contributed by atoms with E-state index in [1.165, 1.54) is 43.2 Å². The Morgan fingerprint density at radius 1 is 1.30 bits per heavy atom. The van der Waals surface area contributed by atoms with E-state index in [9.17, 15) is 4.79 Å². The quantitative estimate of drug-likeness (QED) is 0.876. The van der Waals surface area contributed by atoms with Crippen molar-refractivity contribution in [3.05, 3.63) is 35.4 Å². The Morgan fingerprint density at radius 3 is 3.00 bits per heavy atom. The molecule has 1 amide bonds. The van der Waals surface area contributed by atoms with Crippen molar-refractivity contribution in [2.24, 2.45) is 11.8 Å². The summed E-state index contributed by atoms with van der Waals surface area (Å²) in [4.78, 5) is 12.3. The van der Waals surface area contributed by atoms with Gasteiger partial charge in [0, 0.05) is 18.9 Å². The maximum absolute atomic E-state index is 12.3. The standard InChI is InChI=1S/C20H30N2O/c1-15(17-9-5-11-21-13-17)12-20(23)22-14-18-8-4-7-16-6-2-3-10-19(16)18/h2-3,6,10,15,17-18,21H,4-5,7-9,11-14H2,1H3,(H,22,23). The Hall–Kier alpha value is -1.35. The van der Waals surface area contributed by atoms with E-state index < -0.39 is 0 Å². The van der Waals surface area contributed by atoms with Crippen molar-refractivity contribution >= 4 is 5.91 Å². The van der Waals surface area contributed by atoms with Crippen LogP contribution < -0.4 is 10.6 Å². The number of rotatable bonds is 5. The monoisotopic (exact) mass is 314 g/mol. The second kappa shape index (κ2) is 7.96. The van der Waals surface area contributed by atoms with Crippen LogP contribution in [0.5, 0.6) is 0 Å². The van der Waals surface area contributed by atoms with Gasteiger partial charge in [-0.15, -0.1) is 0 Å². The lowest BCUT2D eigenvalue weighted by Gasteiger charge is -2.29. The fraction of sp³-hybridized carbons (Fsp3) is 0.650. The minimum atomic E-state index is 0.228. The zero-order valence-corrected chi connectivity index (χ0v) is 14.3. The van der Waals surface area contributed by atoms with Gasteiger partial charge in [-0.2, -0.15) is 0 Å². The molecule has 3 unspecified atom stereocenters. The molecule has 0 spiro atoms. The van der Waals surface area contributed by atoms with E-state index in [1.54, 1.807) is 0 Å². The smallest absolute Gasteiger partial charge is 0.220 e. The summed E-state index contributed by atoms with van der Waals surface area (Å²) in [5.41, 5.74) is 2.92. The van der Waals surface area contributed by atoms with Gasteiger partial charge in [0.2, 0.25) is 5.91 Å². The molecule has 2 N–H and O–H groups in total. The number of hydrogen-bond donors (Lipinski definition) is 2. The molecule has 3 rings (SSSR count). The number of benzene rings is 1. The minimum Gasteiger partial charge on any atom is -0.355 e. The molecule has 0 bridgehead atoms. The van der Waals surface area contributed by atoms with E-state index in [2.05, 4.69) is 41.8 Å². The van der Waals surface area contributed by atoms with Crippen molar-refractivity contribution in [3.63, 3.8) is 0 Å². The first-order chi connectivity index (χ1) is 11.2. The molecule has 1 aromatic rings. The molecule has 126 valence electrons. The summed E-state index contributed by atoms with van der Waals surface area (Å²) in [5.74, 6) is 1.85. The third-order valence-electron chi connectivity index (χ3n) is 5.69. The van der Waals surface area contributed by atoms with Crippen LogP contribution in [0.4, 0.5) is 0 Å². The molecule has 1 aliphatic carbocycles. The van der Waals surface area contributed by atoms with E-state index in [1.807, 2.05) is 0 Å². The van der Waals surface area contributed by atoms with Crippen molar-refractivity contribution in [2.75, 3.05) is 19.6 Å². The Bertz CT molecular complexity index is 522. The van der Waals surface area contributed by atoms with E-state index >= 15 is 0 Å². The molecular formula is C20H30N2O. The fourth-order valence-electron chi connectivity index (χ4n) is 4.20. The lowest BCUT2D eigenvalue weighted by atomic mass is 9.82. The largest absolute Gasteiger partial charge is 0.355 e. The second-order valence-corrected chi connectivity index (χ2v) is 7.38. The molecule has 0 aromatic heterocycles. The summed E-state index contributed by atoms with van der Waals surface area (Å²) in [5, 5.41) is 6.66. The van der Waals surface area contributed by atoms with Crippen LogP contribution in [0.15, 0.2) is 24.3 Å². The third kappa shape index (κ3) is 4.35. The summed E-state index contributed by atoms with van der Waals surface area (Å²) in [6.45, 7) is 5.24. The van der Waals surface area contributed by atoms with Crippen LogP contribution >= 0.6 is 0 Å². The maximum atomic E-state index is 12.3. The first kappa shape index (κ1) is 16.5. The lowest BCUT2D eigenvalue weighted by Crippen LogP contribution is -2.36. The summed E-state index contributed by atoms with van der Waals surface area (Å²) in [6.07, 6.45) is 6.79. The molecule has 3 atom stereocenters. The molecule has 1 heterocycles. The fourth-order valence-corrected chi connectivity index (χ4v) is 4.20. The Kier molecular flexibility index (Phi) is 5.71. The van der Waals surface area contributed by atoms with E-state index in [4.69, 9.17) is 0 Å². The van der Waals surface area contributed by atoms with Crippen molar-refractivity contribution in [1.82, 2.24) is 10.6 Å². The van der Waals surface area contributed by atoms with Crippen LogP contribution in [0.25, 0.3) is 0 Å². The first-order valence-corrected chi connectivity index (χ1v) is 9.29. The molecule has 0 radical (unpaired) electrons. The van der Waals surface area contributed by atoms with Crippen LogP contribution in [-0.2, 0) is 11.2 Å². The van der Waals surface area contributed by atoms with Gasteiger partial charge in [0.25, 0.3) is 0 Å². The van der Waals surface area contributed by atoms with Crippen molar-refractivity contribution < 1.29 is 4.79 Å². The molecule has 3 heteroatoms. The van der Waals surface area contributed by atoms with Gasteiger partial charge in [-0.3, -0.25) is 4.79 Å². The van der Waals surface area contributed by atoms with Crippen LogP contribution in [0.2, 0.25) is 0 Å². The van der Waals surface area contributed by atoms with Crippen LogP contribution in [0.3, 0.4) is 0 Å². The average molecular weight is 314 g/mol. The van der Waals surface area contributed by atoms with Gasteiger partial charge >= 0.3 is 0 Å². The van der Waals surface area contributed by atoms with Crippen molar-refractivity contribution in [3.8, 4) is 0 Å². The lowest BCUT2D eigenvalue weighted by molar-refractivity contribution is -0.122. The average Bonchev–Trinajstić information content (AvgIpc) is 2.60. The number of piperidine rings is 1. The topological polar surface area (TPSA) is 41.1 Å². The first-order valence-electron chi connectivity index (χ1n) is 9.29. The maximum Gasteiger partial charge on any atom is 0.220 e. The molecule has 3 nitrogen and oxygen atoms in total. The highest BCUT2D eigenvalue weighted by Crippen LogP contribution is 2.31. The normalized spacial score (nSPS) is 25.4. The van der Waals surface area contributed by atoms with Gasteiger partial charge in [-0.1, -0.05) is 31.2 Å². The van der Waals surface area contributed by atoms with Crippen molar-refractivity contribution in [1.29, 1.82) is 0 Å². The minimum absolute atomic E-state index is 0.228. The highest BCUT2D eigenvalue weighted by Gasteiger charge is 2.23. The van der Waals surface area contributed by atoms with Gasteiger partial charge in [0.15, 0.2) is 0 Å². The van der Waals surface area contributed by atoms with E-state index in [0.29, 0.717) is 24.2 Å². The number of carbonyl (C=O) groups is 1. The van der Waals surface area contributed by atoms with Crippen LogP contribution in [0.1, 0.15) is 56.1 Å². The highest BCUT2D eigenvalue weighted by atomic mass is 16.1. The summed E-state index contributed by atoms with van der Waals surface area (Å²) in [6, 6.07) is 8.72. The molecule has 1 fully saturated rings. The molecule has 23 heavy (non-hydrogen) atoms. The van der Waals surface area contributed by atoms with Crippen LogP contribution in [0, 0.1) is 11.8 Å². The predicted octanol–water partition coefficient (Wildman–Crippen LogP) is 3.25. The zero-order valence-electron chi connectivity index (χ0n) is 14.3. The second-order valence-electron chi connectivity index (χ2n) is 7.38. The molecule has 2 aliphatic rings. The number of amides is 1. The highest BCUT2D eigenvalue weighted by molar-refractivity contribution is 5.76. The third-order valence-corrected chi connectivity index (χ3v) is 5.69. The number of nitrogens with one attached hydrogen (secondary N) is 2. The number of carbonyl (C=O) groups excluding carboxylic acids is 1. The molecule has 1 aromatic carbocycles. The van der Waals surface area contributed by atoms with E-state index in [-0.39, 0.29) is 5.91 Å². The van der Waals surface area contributed by atoms with Gasteiger partial charge in [0.1, 0.15) is 0 Å². The van der Waals surface area contributed by atoms with E-state index in [0.717, 1.165) is 19.6 Å². The Balaban J connectivity index is 1.48. The van der Waals surface area contributed by atoms with Gasteiger partial charge < -0.3 is 10.6 Å². The van der Waals surface area contributed by atoms with Gasteiger partial charge in [0.05, 0.1) is 0 Å². The summed E-state index contributed by atoms with van der Waals surface area (Å²) >= 11 is 0. The number of hydrogen-bond acceptors (Lipinski definition) is 2. The predicted molar refractivity (Wildman–Crippen MR) is 94.5 cm³/mol. The van der Waals surface area contributed by atoms with Crippen LogP contribution in [-0.4, -0.2) is 25.5 Å². The summed E-state index contributed by atoms with van der Waals surface area (Å²) < 4.78 is 0. The summed E-state index contributed by atoms with van der Waals surface area (Å²) in [7, 11) is 0. The SMILES string of the molecule is CC(CC(=O)NCC1CCCc2ccccc21)C1CCCNC1. The van der Waals surface area contributed by atoms with Gasteiger partial charge in [-0.05, 0) is 68.2 Å². The number of fused-ring (bicyclic) bond motifs is 1. The van der Waals surface area contributed by atoms with Gasteiger partial charge in [-0.25, -0.2) is 0 Å². The van der Waals surface area contributed by atoms with Crippen molar-refractivity contribution in [2.45, 2.75) is 51.4 Å². The Morgan fingerprint density at radius 2 is 2.17 bits per heavy atom. The Labute approximate surface area is 140 Å². The number of aryl methyl sites for hydroxylation is 1. The molecular weight excluding hydrogens is 284 g/mol. The molecule has 0 saturated carbocycles.